The van der Waals surface area contributed by atoms with Crippen LogP contribution in [0.25, 0.3) is 0 Å². The van der Waals surface area contributed by atoms with Crippen LogP contribution in [0.3, 0.4) is 0 Å². The zero-order valence-electron chi connectivity index (χ0n) is 12.3. The Labute approximate surface area is 111 Å². The molecule has 0 spiro atoms. The minimum absolute atomic E-state index is 0.142. The van der Waals surface area contributed by atoms with Gasteiger partial charge >= 0.3 is 0 Å². The van der Waals surface area contributed by atoms with Gasteiger partial charge in [-0.15, -0.1) is 0 Å². The average Bonchev–Trinajstić information content (AvgIpc) is 2.10. The largest absolute Gasteiger partial charge is 0.351 e. The molecule has 0 aromatic heterocycles. The highest BCUT2D eigenvalue weighted by atomic mass is 16.1. The van der Waals surface area contributed by atoms with Crippen molar-refractivity contribution in [2.24, 2.45) is 22.7 Å². The molecule has 1 N–H and O–H groups in total. The molecule has 0 aromatic rings. The summed E-state index contributed by atoms with van der Waals surface area (Å²) in [6, 6.07) is 0. The maximum atomic E-state index is 11.6. The first-order valence-corrected chi connectivity index (χ1v) is 7.52. The van der Waals surface area contributed by atoms with Gasteiger partial charge in [0.1, 0.15) is 0 Å². The standard InChI is InChI=1S/C16H27NO/c1-11(18)17-16-8-12-5-13(9-16)7-15(6-12,10-16)14(2,3)4/h12-13H,5-10H2,1-4H3,(H,17,18)/t12-,13+,15?,16?. The number of hydrogen-bond acceptors (Lipinski definition) is 1. The van der Waals surface area contributed by atoms with E-state index in [-0.39, 0.29) is 11.4 Å². The SMILES string of the molecule is CC(=O)NC12C[C@H]3C[C@@H](C1)CC(C(C)(C)C)(C3)C2. The quantitative estimate of drug-likeness (QED) is 0.757. The van der Waals surface area contributed by atoms with Crippen molar-refractivity contribution in [1.29, 1.82) is 0 Å². The second-order valence-corrected chi connectivity index (χ2v) is 8.45. The Hall–Kier alpha value is -0.530. The van der Waals surface area contributed by atoms with Crippen LogP contribution in [0.5, 0.6) is 0 Å². The van der Waals surface area contributed by atoms with Crippen LogP contribution < -0.4 is 5.32 Å². The fraction of sp³-hybridized carbons (Fsp3) is 0.938. The first-order chi connectivity index (χ1) is 8.24. The molecule has 0 radical (unpaired) electrons. The summed E-state index contributed by atoms with van der Waals surface area (Å²) in [5, 5.41) is 3.35. The summed E-state index contributed by atoms with van der Waals surface area (Å²) in [5.74, 6) is 1.88. The molecule has 4 saturated carbocycles. The third kappa shape index (κ3) is 1.71. The van der Waals surface area contributed by atoms with E-state index in [2.05, 4.69) is 26.1 Å². The topological polar surface area (TPSA) is 29.1 Å². The van der Waals surface area contributed by atoms with Crippen LogP contribution in [0.1, 0.15) is 66.2 Å². The monoisotopic (exact) mass is 249 g/mol. The Balaban J connectivity index is 1.95. The van der Waals surface area contributed by atoms with Gasteiger partial charge in [-0.2, -0.15) is 0 Å². The van der Waals surface area contributed by atoms with Crippen molar-refractivity contribution in [2.75, 3.05) is 0 Å². The molecule has 2 nitrogen and oxygen atoms in total. The molecule has 0 heterocycles. The van der Waals surface area contributed by atoms with Crippen LogP contribution >= 0.6 is 0 Å². The lowest BCUT2D eigenvalue weighted by Gasteiger charge is -2.66. The molecule has 4 atom stereocenters. The van der Waals surface area contributed by atoms with Gasteiger partial charge in [0.15, 0.2) is 0 Å². The molecule has 4 bridgehead atoms. The minimum atomic E-state index is 0.142. The van der Waals surface area contributed by atoms with E-state index in [1.165, 1.54) is 38.5 Å². The van der Waals surface area contributed by atoms with Crippen LogP contribution in [-0.4, -0.2) is 11.4 Å². The third-order valence-corrected chi connectivity index (χ3v) is 6.09. The van der Waals surface area contributed by atoms with Gasteiger partial charge in [0, 0.05) is 12.5 Å². The summed E-state index contributed by atoms with van der Waals surface area (Å²) in [6.07, 6.45) is 7.90. The lowest BCUT2D eigenvalue weighted by molar-refractivity contribution is -0.145. The first kappa shape index (κ1) is 12.5. The zero-order chi connectivity index (χ0) is 13.2. The molecule has 0 aliphatic heterocycles. The number of hydrogen-bond donors (Lipinski definition) is 1. The Morgan fingerprint density at radius 1 is 1.11 bits per heavy atom. The molecule has 1 amide bonds. The number of carbonyl (C=O) groups is 1. The van der Waals surface area contributed by atoms with E-state index in [9.17, 15) is 4.79 Å². The fourth-order valence-corrected chi connectivity index (χ4v) is 5.66. The van der Waals surface area contributed by atoms with Crippen LogP contribution in [-0.2, 0) is 4.79 Å². The Morgan fingerprint density at radius 3 is 2.11 bits per heavy atom. The molecule has 4 rings (SSSR count). The van der Waals surface area contributed by atoms with Gasteiger partial charge in [0.25, 0.3) is 0 Å². The lowest BCUT2D eigenvalue weighted by Crippen LogP contribution is -2.65. The summed E-state index contributed by atoms with van der Waals surface area (Å²) < 4.78 is 0. The van der Waals surface area contributed by atoms with Crippen LogP contribution in [0.2, 0.25) is 0 Å². The predicted molar refractivity (Wildman–Crippen MR) is 73.1 cm³/mol. The zero-order valence-corrected chi connectivity index (χ0v) is 12.3. The van der Waals surface area contributed by atoms with Crippen molar-refractivity contribution in [3.63, 3.8) is 0 Å². The smallest absolute Gasteiger partial charge is 0.217 e. The van der Waals surface area contributed by atoms with E-state index in [0.717, 1.165) is 11.8 Å². The maximum Gasteiger partial charge on any atom is 0.217 e. The van der Waals surface area contributed by atoms with Crippen LogP contribution in [0.15, 0.2) is 0 Å². The molecular weight excluding hydrogens is 222 g/mol. The molecule has 0 saturated heterocycles. The summed E-state index contributed by atoms with van der Waals surface area (Å²) in [5.41, 5.74) is 0.983. The van der Waals surface area contributed by atoms with Crippen molar-refractivity contribution >= 4 is 5.91 Å². The maximum absolute atomic E-state index is 11.6. The van der Waals surface area contributed by atoms with Crippen molar-refractivity contribution < 1.29 is 4.79 Å². The van der Waals surface area contributed by atoms with Gasteiger partial charge in [0.05, 0.1) is 0 Å². The second kappa shape index (κ2) is 3.52. The fourth-order valence-electron chi connectivity index (χ4n) is 5.66. The van der Waals surface area contributed by atoms with Crippen molar-refractivity contribution in [3.8, 4) is 0 Å². The van der Waals surface area contributed by atoms with E-state index < -0.39 is 0 Å². The summed E-state index contributed by atoms with van der Waals surface area (Å²) in [7, 11) is 0. The summed E-state index contributed by atoms with van der Waals surface area (Å²) >= 11 is 0. The van der Waals surface area contributed by atoms with Crippen molar-refractivity contribution in [3.05, 3.63) is 0 Å². The molecule has 2 heteroatoms. The van der Waals surface area contributed by atoms with Crippen molar-refractivity contribution in [2.45, 2.75) is 71.8 Å². The Bertz CT molecular complexity index is 365. The van der Waals surface area contributed by atoms with Crippen molar-refractivity contribution in [1.82, 2.24) is 5.32 Å². The van der Waals surface area contributed by atoms with Crippen LogP contribution in [0.4, 0.5) is 0 Å². The molecular formula is C16H27NO. The average molecular weight is 249 g/mol. The molecule has 18 heavy (non-hydrogen) atoms. The minimum Gasteiger partial charge on any atom is -0.351 e. The third-order valence-electron chi connectivity index (χ3n) is 6.09. The summed E-state index contributed by atoms with van der Waals surface area (Å²) in [6.45, 7) is 8.90. The molecule has 4 fully saturated rings. The van der Waals surface area contributed by atoms with E-state index >= 15 is 0 Å². The van der Waals surface area contributed by atoms with E-state index in [1.54, 1.807) is 6.92 Å². The highest BCUT2D eigenvalue weighted by molar-refractivity contribution is 5.74. The predicted octanol–water partition coefficient (Wildman–Crippen LogP) is 3.51. The van der Waals surface area contributed by atoms with E-state index in [0.29, 0.717) is 10.8 Å². The Kier molecular flexibility index (Phi) is 2.44. The number of rotatable bonds is 1. The van der Waals surface area contributed by atoms with Gasteiger partial charge in [-0.25, -0.2) is 0 Å². The van der Waals surface area contributed by atoms with E-state index in [1.807, 2.05) is 0 Å². The molecule has 4 aliphatic carbocycles. The first-order valence-electron chi connectivity index (χ1n) is 7.52. The molecule has 0 aromatic carbocycles. The number of carbonyl (C=O) groups excluding carboxylic acids is 1. The van der Waals surface area contributed by atoms with Gasteiger partial charge in [0.2, 0.25) is 5.91 Å². The highest BCUT2D eigenvalue weighted by Gasteiger charge is 2.61. The van der Waals surface area contributed by atoms with E-state index in [4.69, 9.17) is 0 Å². The second-order valence-electron chi connectivity index (χ2n) is 8.45. The number of nitrogens with one attached hydrogen (secondary N) is 1. The molecule has 4 aliphatic rings. The van der Waals surface area contributed by atoms with Gasteiger partial charge in [-0.3, -0.25) is 4.79 Å². The van der Waals surface area contributed by atoms with Gasteiger partial charge in [-0.1, -0.05) is 20.8 Å². The normalized spacial score (nSPS) is 46.2. The van der Waals surface area contributed by atoms with Crippen LogP contribution in [0, 0.1) is 22.7 Å². The number of amides is 1. The molecule has 102 valence electrons. The Morgan fingerprint density at radius 2 is 1.67 bits per heavy atom. The summed E-state index contributed by atoms with van der Waals surface area (Å²) in [4.78, 5) is 11.6. The van der Waals surface area contributed by atoms with Gasteiger partial charge < -0.3 is 5.32 Å². The molecule has 2 unspecified atom stereocenters. The lowest BCUT2D eigenvalue weighted by atomic mass is 9.41. The van der Waals surface area contributed by atoms with Gasteiger partial charge in [-0.05, 0) is 61.2 Å². The highest BCUT2D eigenvalue weighted by Crippen LogP contribution is 2.66.